The van der Waals surface area contributed by atoms with Gasteiger partial charge in [0.05, 0.1) is 25.7 Å². The van der Waals surface area contributed by atoms with Gasteiger partial charge in [0.2, 0.25) is 5.91 Å². The summed E-state index contributed by atoms with van der Waals surface area (Å²) in [4.78, 5) is 15.8. The van der Waals surface area contributed by atoms with Crippen molar-refractivity contribution in [3.63, 3.8) is 0 Å². The number of aliphatic hydroxyl groups is 1. The summed E-state index contributed by atoms with van der Waals surface area (Å²) < 4.78 is 5.41. The van der Waals surface area contributed by atoms with Gasteiger partial charge >= 0.3 is 0 Å². The van der Waals surface area contributed by atoms with E-state index >= 15 is 0 Å². The Bertz CT molecular complexity index is 932. The summed E-state index contributed by atoms with van der Waals surface area (Å²) in [6, 6.07) is 13.2. The maximum Gasteiger partial charge on any atom is 0.225 e. The molecule has 128 valence electrons. The molecule has 5 heteroatoms. The summed E-state index contributed by atoms with van der Waals surface area (Å²) in [5.41, 5.74) is 3.91. The second-order valence-corrected chi connectivity index (χ2v) is 6.39. The molecule has 2 atom stereocenters. The maximum atomic E-state index is 12.6. The zero-order valence-electron chi connectivity index (χ0n) is 14.0. The van der Waals surface area contributed by atoms with Crippen molar-refractivity contribution in [1.82, 2.24) is 10.3 Å². The molecule has 1 aromatic heterocycles. The Morgan fingerprint density at radius 2 is 2.12 bits per heavy atom. The molecule has 0 radical (unpaired) electrons. The standard InChI is InChI=1S/C20H20N2O3/c1-25-17-8-4-7-15-19(17)13(11-21-15)10-18(24)22-20-14-6-3-2-5-12(14)9-16(20)23/h2-8,11,16,20-21,23H,9-10H2,1H3,(H,22,24). The van der Waals surface area contributed by atoms with E-state index in [1.807, 2.05) is 48.7 Å². The van der Waals surface area contributed by atoms with Gasteiger partial charge in [-0.3, -0.25) is 4.79 Å². The van der Waals surface area contributed by atoms with Crippen LogP contribution in [0.2, 0.25) is 0 Å². The summed E-state index contributed by atoms with van der Waals surface area (Å²) >= 11 is 0. The number of aliphatic hydroxyl groups excluding tert-OH is 1. The van der Waals surface area contributed by atoms with Crippen molar-refractivity contribution in [1.29, 1.82) is 0 Å². The molecule has 1 aliphatic rings. The number of aromatic nitrogens is 1. The van der Waals surface area contributed by atoms with Crippen LogP contribution < -0.4 is 10.1 Å². The molecule has 1 heterocycles. The van der Waals surface area contributed by atoms with E-state index < -0.39 is 6.10 Å². The number of hydrogen-bond donors (Lipinski definition) is 3. The highest BCUT2D eigenvalue weighted by molar-refractivity contribution is 5.93. The quantitative estimate of drug-likeness (QED) is 0.685. The first-order valence-corrected chi connectivity index (χ1v) is 8.35. The molecular formula is C20H20N2O3. The number of carbonyl (C=O) groups is 1. The first-order chi connectivity index (χ1) is 12.2. The molecule has 0 aliphatic heterocycles. The van der Waals surface area contributed by atoms with Crippen molar-refractivity contribution in [3.8, 4) is 5.75 Å². The number of aromatic amines is 1. The first kappa shape index (κ1) is 15.7. The normalized spacial score (nSPS) is 19.0. The molecule has 2 aromatic carbocycles. The van der Waals surface area contributed by atoms with Crippen LogP contribution in [0.15, 0.2) is 48.7 Å². The molecule has 3 N–H and O–H groups in total. The topological polar surface area (TPSA) is 74.4 Å². The van der Waals surface area contributed by atoms with Gasteiger partial charge in [0, 0.05) is 23.5 Å². The molecule has 0 bridgehead atoms. The number of methoxy groups -OCH3 is 1. The average molecular weight is 336 g/mol. The largest absolute Gasteiger partial charge is 0.496 e. The van der Waals surface area contributed by atoms with Crippen molar-refractivity contribution in [3.05, 3.63) is 65.4 Å². The zero-order chi connectivity index (χ0) is 17.4. The van der Waals surface area contributed by atoms with Crippen LogP contribution in [-0.4, -0.2) is 29.2 Å². The average Bonchev–Trinajstić information content (AvgIpc) is 3.16. The maximum absolute atomic E-state index is 12.6. The molecule has 25 heavy (non-hydrogen) atoms. The van der Waals surface area contributed by atoms with Crippen LogP contribution >= 0.6 is 0 Å². The van der Waals surface area contributed by atoms with Gasteiger partial charge in [0.1, 0.15) is 5.75 Å². The fraction of sp³-hybridized carbons (Fsp3) is 0.250. The molecular weight excluding hydrogens is 316 g/mol. The molecule has 2 unspecified atom stereocenters. The van der Waals surface area contributed by atoms with E-state index in [0.29, 0.717) is 6.42 Å². The Balaban J connectivity index is 1.56. The Hall–Kier alpha value is -2.79. The van der Waals surface area contributed by atoms with E-state index in [2.05, 4.69) is 10.3 Å². The second-order valence-electron chi connectivity index (χ2n) is 6.39. The lowest BCUT2D eigenvalue weighted by atomic mass is 10.1. The summed E-state index contributed by atoms with van der Waals surface area (Å²) in [7, 11) is 1.62. The lowest BCUT2D eigenvalue weighted by Gasteiger charge is -2.18. The Kier molecular flexibility index (Phi) is 3.93. The van der Waals surface area contributed by atoms with Gasteiger partial charge < -0.3 is 20.1 Å². The summed E-state index contributed by atoms with van der Waals surface area (Å²) in [6.07, 6.45) is 2.05. The number of hydrogen-bond acceptors (Lipinski definition) is 3. The van der Waals surface area contributed by atoms with Gasteiger partial charge in [-0.05, 0) is 28.8 Å². The number of ether oxygens (including phenoxy) is 1. The minimum absolute atomic E-state index is 0.118. The van der Waals surface area contributed by atoms with Crippen LogP contribution in [0.1, 0.15) is 22.7 Å². The van der Waals surface area contributed by atoms with Crippen molar-refractivity contribution in [2.45, 2.75) is 25.0 Å². The minimum Gasteiger partial charge on any atom is -0.496 e. The van der Waals surface area contributed by atoms with Crippen LogP contribution in [-0.2, 0) is 17.6 Å². The van der Waals surface area contributed by atoms with Crippen LogP contribution in [0.4, 0.5) is 0 Å². The van der Waals surface area contributed by atoms with E-state index in [9.17, 15) is 9.90 Å². The van der Waals surface area contributed by atoms with Gasteiger partial charge in [-0.1, -0.05) is 30.3 Å². The third-order valence-electron chi connectivity index (χ3n) is 4.84. The van der Waals surface area contributed by atoms with Crippen LogP contribution in [0.3, 0.4) is 0 Å². The predicted octanol–water partition coefficient (Wildman–Crippen LogP) is 2.49. The Morgan fingerprint density at radius 1 is 1.28 bits per heavy atom. The van der Waals surface area contributed by atoms with E-state index in [1.165, 1.54) is 0 Å². The van der Waals surface area contributed by atoms with E-state index in [-0.39, 0.29) is 18.4 Å². The SMILES string of the molecule is COc1cccc2[nH]cc(CC(=O)NC3c4ccccc4CC3O)c12. The van der Waals surface area contributed by atoms with Crippen LogP contribution in [0, 0.1) is 0 Å². The van der Waals surface area contributed by atoms with Gasteiger partial charge in [-0.25, -0.2) is 0 Å². The van der Waals surface area contributed by atoms with Crippen molar-refractivity contribution in [2.75, 3.05) is 7.11 Å². The summed E-state index contributed by atoms with van der Waals surface area (Å²) in [5.74, 6) is 0.625. The van der Waals surface area contributed by atoms with Crippen LogP contribution in [0.25, 0.3) is 10.9 Å². The zero-order valence-corrected chi connectivity index (χ0v) is 14.0. The van der Waals surface area contributed by atoms with Gasteiger partial charge in [-0.15, -0.1) is 0 Å². The van der Waals surface area contributed by atoms with E-state index in [1.54, 1.807) is 7.11 Å². The highest BCUT2D eigenvalue weighted by Crippen LogP contribution is 2.32. The molecule has 4 rings (SSSR count). The number of fused-ring (bicyclic) bond motifs is 2. The number of carbonyl (C=O) groups excluding carboxylic acids is 1. The molecule has 0 spiro atoms. The lowest BCUT2D eigenvalue weighted by molar-refractivity contribution is -0.121. The highest BCUT2D eigenvalue weighted by atomic mass is 16.5. The predicted molar refractivity (Wildman–Crippen MR) is 95.6 cm³/mol. The fourth-order valence-corrected chi connectivity index (χ4v) is 3.67. The van der Waals surface area contributed by atoms with Crippen molar-refractivity contribution in [2.24, 2.45) is 0 Å². The van der Waals surface area contributed by atoms with Gasteiger partial charge in [0.15, 0.2) is 0 Å². The molecule has 5 nitrogen and oxygen atoms in total. The molecule has 0 fully saturated rings. The third-order valence-corrected chi connectivity index (χ3v) is 4.84. The summed E-state index contributed by atoms with van der Waals surface area (Å²) in [5, 5.41) is 14.2. The van der Waals surface area contributed by atoms with Crippen molar-refractivity contribution >= 4 is 16.8 Å². The summed E-state index contributed by atoms with van der Waals surface area (Å²) in [6.45, 7) is 0. The van der Waals surface area contributed by atoms with E-state index in [4.69, 9.17) is 4.74 Å². The number of H-pyrrole nitrogens is 1. The number of nitrogens with one attached hydrogen (secondary N) is 2. The van der Waals surface area contributed by atoms with Gasteiger partial charge in [0.25, 0.3) is 0 Å². The minimum atomic E-state index is -0.584. The smallest absolute Gasteiger partial charge is 0.225 e. The second kappa shape index (κ2) is 6.26. The van der Waals surface area contributed by atoms with Gasteiger partial charge in [-0.2, -0.15) is 0 Å². The highest BCUT2D eigenvalue weighted by Gasteiger charge is 2.31. The lowest BCUT2D eigenvalue weighted by Crippen LogP contribution is -2.34. The molecule has 3 aromatic rings. The molecule has 0 saturated carbocycles. The number of amides is 1. The fourth-order valence-electron chi connectivity index (χ4n) is 3.67. The van der Waals surface area contributed by atoms with E-state index in [0.717, 1.165) is 33.3 Å². The number of rotatable bonds is 4. The Morgan fingerprint density at radius 3 is 2.96 bits per heavy atom. The van der Waals surface area contributed by atoms with Crippen LogP contribution in [0.5, 0.6) is 5.75 Å². The Labute approximate surface area is 145 Å². The molecule has 1 amide bonds. The van der Waals surface area contributed by atoms with Crippen molar-refractivity contribution < 1.29 is 14.6 Å². The molecule has 1 aliphatic carbocycles. The molecule has 0 saturated heterocycles. The third kappa shape index (κ3) is 2.76. The number of benzene rings is 2. The first-order valence-electron chi connectivity index (χ1n) is 8.35. The monoisotopic (exact) mass is 336 g/mol.